The third-order valence-corrected chi connectivity index (χ3v) is 2.95. The molecule has 1 unspecified atom stereocenters. The van der Waals surface area contributed by atoms with E-state index in [0.717, 1.165) is 12.8 Å². The van der Waals surface area contributed by atoms with E-state index in [1.165, 1.54) is 13.2 Å². The van der Waals surface area contributed by atoms with E-state index >= 15 is 0 Å². The number of rotatable bonds is 6. The Kier molecular flexibility index (Phi) is 5.03. The molecule has 0 fully saturated rings. The van der Waals surface area contributed by atoms with Crippen LogP contribution < -0.4 is 14.8 Å². The van der Waals surface area contributed by atoms with E-state index in [1.54, 1.807) is 18.4 Å². The van der Waals surface area contributed by atoms with E-state index in [4.69, 9.17) is 9.47 Å². The van der Waals surface area contributed by atoms with Gasteiger partial charge in [-0.05, 0) is 31.1 Å². The summed E-state index contributed by atoms with van der Waals surface area (Å²) in [6.07, 6.45) is 5.47. The number of allylic oxidation sites excluding steroid dienone is 1. The maximum atomic E-state index is 12.4. The van der Waals surface area contributed by atoms with Crippen molar-refractivity contribution in [2.24, 2.45) is 0 Å². The number of ether oxygens (including phenoxy) is 3. The number of methoxy groups -OCH3 is 1. The Morgan fingerprint density at radius 3 is 2.95 bits per heavy atom. The number of hydrogen-bond donors (Lipinski definition) is 1. The van der Waals surface area contributed by atoms with Gasteiger partial charge in [-0.2, -0.15) is 8.78 Å². The second-order valence-electron chi connectivity index (χ2n) is 4.33. The van der Waals surface area contributed by atoms with Crippen LogP contribution in [0.2, 0.25) is 0 Å². The molecule has 1 atom stereocenters. The van der Waals surface area contributed by atoms with Gasteiger partial charge in [-0.15, -0.1) is 0 Å². The van der Waals surface area contributed by atoms with Crippen LogP contribution in [0.3, 0.4) is 0 Å². The molecule has 20 heavy (non-hydrogen) atoms. The van der Waals surface area contributed by atoms with E-state index in [1.807, 2.05) is 6.08 Å². The van der Waals surface area contributed by atoms with Crippen LogP contribution in [0.4, 0.5) is 14.5 Å². The van der Waals surface area contributed by atoms with Crippen LogP contribution in [-0.4, -0.2) is 26.4 Å². The second-order valence-corrected chi connectivity index (χ2v) is 4.33. The topological polar surface area (TPSA) is 39.7 Å². The first-order valence-corrected chi connectivity index (χ1v) is 6.36. The predicted octanol–water partition coefficient (Wildman–Crippen LogP) is 3.40. The lowest BCUT2D eigenvalue weighted by atomic mass is 10.1. The lowest BCUT2D eigenvalue weighted by Crippen LogP contribution is -2.23. The van der Waals surface area contributed by atoms with Gasteiger partial charge in [-0.25, -0.2) is 0 Å². The molecule has 0 radical (unpaired) electrons. The molecular formula is C14H17F2NO3. The van der Waals surface area contributed by atoms with Gasteiger partial charge in [-0.3, -0.25) is 0 Å². The summed E-state index contributed by atoms with van der Waals surface area (Å²) in [4.78, 5) is 0. The standard InChI is InChI=1S/C14H17F2NO3/c1-18-10-5-6-13(20-14(15)16)12(8-10)17-9-11-4-2-3-7-19-11/h3,5-8,11,14,17H,2,4,9H2,1H3. The minimum absolute atomic E-state index is 0.0191. The summed E-state index contributed by atoms with van der Waals surface area (Å²) >= 11 is 0. The first-order valence-electron chi connectivity index (χ1n) is 6.36. The molecule has 0 amide bonds. The summed E-state index contributed by atoms with van der Waals surface area (Å²) in [7, 11) is 1.52. The average Bonchev–Trinajstić information content (AvgIpc) is 2.47. The molecule has 4 nitrogen and oxygen atoms in total. The molecule has 1 aromatic carbocycles. The van der Waals surface area contributed by atoms with Crippen LogP contribution in [-0.2, 0) is 4.74 Å². The van der Waals surface area contributed by atoms with Gasteiger partial charge in [0.2, 0.25) is 0 Å². The number of nitrogens with one attached hydrogen (secondary N) is 1. The fourth-order valence-electron chi connectivity index (χ4n) is 1.93. The van der Waals surface area contributed by atoms with E-state index < -0.39 is 6.61 Å². The first kappa shape index (κ1) is 14.4. The van der Waals surface area contributed by atoms with Gasteiger partial charge >= 0.3 is 6.61 Å². The van der Waals surface area contributed by atoms with Gasteiger partial charge in [0.25, 0.3) is 0 Å². The van der Waals surface area contributed by atoms with Gasteiger partial charge in [0.15, 0.2) is 0 Å². The molecular weight excluding hydrogens is 268 g/mol. The van der Waals surface area contributed by atoms with E-state index in [0.29, 0.717) is 18.0 Å². The summed E-state index contributed by atoms with van der Waals surface area (Å²) in [5.41, 5.74) is 0.461. The summed E-state index contributed by atoms with van der Waals surface area (Å²) < 4.78 is 39.7. The summed E-state index contributed by atoms with van der Waals surface area (Å²) in [5, 5.41) is 3.07. The highest BCUT2D eigenvalue weighted by atomic mass is 19.3. The van der Waals surface area contributed by atoms with Crippen molar-refractivity contribution < 1.29 is 23.0 Å². The predicted molar refractivity (Wildman–Crippen MR) is 71.4 cm³/mol. The molecule has 0 spiro atoms. The second kappa shape index (κ2) is 6.98. The normalized spacial score (nSPS) is 17.7. The number of anilines is 1. The Morgan fingerprint density at radius 1 is 1.45 bits per heavy atom. The Morgan fingerprint density at radius 2 is 2.30 bits per heavy atom. The smallest absolute Gasteiger partial charge is 0.387 e. The summed E-state index contributed by atoms with van der Waals surface area (Å²) in [5.74, 6) is 0.658. The fraction of sp³-hybridized carbons (Fsp3) is 0.429. The minimum atomic E-state index is -2.86. The molecule has 2 rings (SSSR count). The highest BCUT2D eigenvalue weighted by Gasteiger charge is 2.14. The molecule has 0 saturated heterocycles. The molecule has 110 valence electrons. The Balaban J connectivity index is 2.04. The third-order valence-electron chi connectivity index (χ3n) is 2.95. The van der Waals surface area contributed by atoms with E-state index in [9.17, 15) is 8.78 Å². The highest BCUT2D eigenvalue weighted by molar-refractivity contribution is 5.59. The Labute approximate surface area is 116 Å². The Bertz CT molecular complexity index is 466. The molecule has 1 N–H and O–H groups in total. The lowest BCUT2D eigenvalue weighted by molar-refractivity contribution is -0.0494. The fourth-order valence-corrected chi connectivity index (χ4v) is 1.93. The first-order chi connectivity index (χ1) is 9.69. The van der Waals surface area contributed by atoms with Crippen molar-refractivity contribution in [3.8, 4) is 11.5 Å². The maximum absolute atomic E-state index is 12.4. The zero-order valence-electron chi connectivity index (χ0n) is 11.1. The quantitative estimate of drug-likeness (QED) is 0.869. The summed E-state index contributed by atoms with van der Waals surface area (Å²) in [6, 6.07) is 4.65. The van der Waals surface area contributed by atoms with Gasteiger partial charge in [0.05, 0.1) is 25.6 Å². The van der Waals surface area contributed by atoms with Crippen molar-refractivity contribution in [3.63, 3.8) is 0 Å². The third kappa shape index (κ3) is 4.01. The molecule has 1 aliphatic rings. The van der Waals surface area contributed by atoms with Crippen LogP contribution in [0.5, 0.6) is 11.5 Å². The minimum Gasteiger partial charge on any atom is -0.497 e. The van der Waals surface area contributed by atoms with Crippen molar-refractivity contribution in [1.82, 2.24) is 0 Å². The highest BCUT2D eigenvalue weighted by Crippen LogP contribution is 2.30. The van der Waals surface area contributed by atoms with Crippen LogP contribution in [0, 0.1) is 0 Å². The SMILES string of the molecule is COc1ccc(OC(F)F)c(NCC2CCC=CO2)c1. The molecule has 0 bridgehead atoms. The van der Waals surface area contributed by atoms with Gasteiger partial charge < -0.3 is 19.5 Å². The number of halogens is 2. The molecule has 1 aromatic rings. The number of alkyl halides is 2. The molecule has 6 heteroatoms. The van der Waals surface area contributed by atoms with Crippen molar-refractivity contribution >= 4 is 5.69 Å². The lowest BCUT2D eigenvalue weighted by Gasteiger charge is -2.21. The van der Waals surface area contributed by atoms with Gasteiger partial charge in [0, 0.05) is 6.07 Å². The molecule has 0 saturated carbocycles. The molecule has 1 heterocycles. The zero-order chi connectivity index (χ0) is 14.4. The average molecular weight is 285 g/mol. The number of hydrogen-bond acceptors (Lipinski definition) is 4. The van der Waals surface area contributed by atoms with E-state index in [-0.39, 0.29) is 11.9 Å². The van der Waals surface area contributed by atoms with Crippen molar-refractivity contribution in [2.45, 2.75) is 25.6 Å². The van der Waals surface area contributed by atoms with Crippen molar-refractivity contribution in [1.29, 1.82) is 0 Å². The zero-order valence-corrected chi connectivity index (χ0v) is 11.1. The van der Waals surface area contributed by atoms with Crippen LogP contribution >= 0.6 is 0 Å². The molecule has 0 aromatic heterocycles. The van der Waals surface area contributed by atoms with Gasteiger partial charge in [-0.1, -0.05) is 0 Å². The summed E-state index contributed by atoms with van der Waals surface area (Å²) in [6.45, 7) is -2.35. The van der Waals surface area contributed by atoms with Crippen LogP contribution in [0.1, 0.15) is 12.8 Å². The van der Waals surface area contributed by atoms with Crippen molar-refractivity contribution in [3.05, 3.63) is 30.5 Å². The molecule has 1 aliphatic heterocycles. The number of benzene rings is 1. The van der Waals surface area contributed by atoms with Crippen LogP contribution in [0.15, 0.2) is 30.5 Å². The van der Waals surface area contributed by atoms with Crippen molar-refractivity contribution in [2.75, 3.05) is 19.0 Å². The monoisotopic (exact) mass is 285 g/mol. The largest absolute Gasteiger partial charge is 0.497 e. The van der Waals surface area contributed by atoms with E-state index in [2.05, 4.69) is 10.1 Å². The van der Waals surface area contributed by atoms with Crippen LogP contribution in [0.25, 0.3) is 0 Å². The molecule has 0 aliphatic carbocycles. The van der Waals surface area contributed by atoms with Gasteiger partial charge in [0.1, 0.15) is 17.6 Å². The Hall–Kier alpha value is -1.98. The maximum Gasteiger partial charge on any atom is 0.387 e.